The minimum atomic E-state index is -0.289. The van der Waals surface area contributed by atoms with Crippen molar-refractivity contribution in [3.05, 3.63) is 57.8 Å². The van der Waals surface area contributed by atoms with Crippen molar-refractivity contribution in [3.8, 4) is 0 Å². The van der Waals surface area contributed by atoms with Gasteiger partial charge in [-0.1, -0.05) is 23.2 Å². The summed E-state index contributed by atoms with van der Waals surface area (Å²) in [5.74, 6) is 0.488. The van der Waals surface area contributed by atoms with Crippen molar-refractivity contribution in [1.82, 2.24) is 20.2 Å². The average Bonchev–Trinajstić information content (AvgIpc) is 3.02. The predicted molar refractivity (Wildman–Crippen MR) is 123 cm³/mol. The van der Waals surface area contributed by atoms with Crippen LogP contribution in [0.5, 0.6) is 0 Å². The number of aromatic nitrogens is 2. The topological polar surface area (TPSA) is 64.3 Å². The van der Waals surface area contributed by atoms with Crippen molar-refractivity contribution >= 4 is 45.8 Å². The number of carbonyl (C=O) groups excluding carboxylic acids is 1. The van der Waals surface area contributed by atoms with Gasteiger partial charge in [-0.05, 0) is 63.3 Å². The maximum absolute atomic E-state index is 12.8. The number of hydrogen-bond acceptors (Lipinski definition) is 4. The van der Waals surface area contributed by atoms with E-state index >= 15 is 0 Å². The summed E-state index contributed by atoms with van der Waals surface area (Å²) < 4.78 is 0. The van der Waals surface area contributed by atoms with E-state index in [1.807, 2.05) is 25.1 Å². The molecule has 1 aliphatic rings. The molecule has 0 bridgehead atoms. The smallest absolute Gasteiger partial charge is 0.251 e. The van der Waals surface area contributed by atoms with Crippen LogP contribution in [-0.2, 0) is 0 Å². The molecule has 1 aromatic heterocycles. The maximum atomic E-state index is 12.8. The number of H-pyrrole nitrogens is 1. The van der Waals surface area contributed by atoms with Gasteiger partial charge in [0, 0.05) is 30.2 Å². The third-order valence-electron chi connectivity index (χ3n) is 5.49. The Hall–Kier alpha value is -2.28. The number of amides is 1. The second kappa shape index (κ2) is 8.84. The van der Waals surface area contributed by atoms with Gasteiger partial charge < -0.3 is 20.1 Å². The summed E-state index contributed by atoms with van der Waals surface area (Å²) >= 11 is 12.6. The summed E-state index contributed by atoms with van der Waals surface area (Å²) in [6.45, 7) is 5.86. The molecular weight excluding hydrogens is 421 g/mol. The molecule has 3 aromatic rings. The van der Waals surface area contributed by atoms with E-state index in [0.29, 0.717) is 21.4 Å². The van der Waals surface area contributed by atoms with Crippen molar-refractivity contribution in [2.45, 2.75) is 19.4 Å². The molecule has 1 saturated heterocycles. The van der Waals surface area contributed by atoms with Gasteiger partial charge in [-0.15, -0.1) is 0 Å². The third-order valence-corrected chi connectivity index (χ3v) is 6.03. The molecule has 8 heteroatoms. The van der Waals surface area contributed by atoms with Gasteiger partial charge in [0.05, 0.1) is 27.8 Å². The van der Waals surface area contributed by atoms with Crippen LogP contribution in [-0.4, -0.2) is 54.0 Å². The predicted octanol–water partition coefficient (Wildman–Crippen LogP) is 4.50. The molecule has 30 heavy (non-hydrogen) atoms. The molecule has 2 aromatic carbocycles. The first-order chi connectivity index (χ1) is 14.4. The second-order valence-electron chi connectivity index (χ2n) is 7.79. The summed E-state index contributed by atoms with van der Waals surface area (Å²) in [4.78, 5) is 25.2. The van der Waals surface area contributed by atoms with E-state index in [1.54, 1.807) is 18.2 Å². The number of carbonyl (C=O) groups is 1. The second-order valence-corrected chi connectivity index (χ2v) is 8.63. The van der Waals surface area contributed by atoms with Crippen LogP contribution in [0.25, 0.3) is 11.0 Å². The van der Waals surface area contributed by atoms with Crippen LogP contribution in [0.3, 0.4) is 0 Å². The van der Waals surface area contributed by atoms with Crippen molar-refractivity contribution in [3.63, 3.8) is 0 Å². The summed E-state index contributed by atoms with van der Waals surface area (Å²) in [6.07, 6.45) is 1.09. The summed E-state index contributed by atoms with van der Waals surface area (Å²) in [6, 6.07) is 10.7. The van der Waals surface area contributed by atoms with Gasteiger partial charge in [0.2, 0.25) is 0 Å². The van der Waals surface area contributed by atoms with E-state index in [2.05, 4.69) is 32.1 Å². The number of anilines is 1. The van der Waals surface area contributed by atoms with Gasteiger partial charge in [-0.25, -0.2) is 4.98 Å². The molecule has 0 aliphatic carbocycles. The van der Waals surface area contributed by atoms with Gasteiger partial charge in [0.1, 0.15) is 5.82 Å². The minimum Gasteiger partial charge on any atom is -0.369 e. The monoisotopic (exact) mass is 445 g/mol. The Morgan fingerprint density at radius 3 is 2.77 bits per heavy atom. The quantitative estimate of drug-likeness (QED) is 0.620. The molecule has 0 unspecified atom stereocenters. The SMILES string of the molecule is C[C@H](NC(=O)c1ccc(N2CCCN(C)CC2)c(Cl)c1)c1nc2cc(Cl)ccc2[nH]1. The number of halogens is 2. The van der Waals surface area contributed by atoms with Gasteiger partial charge in [-0.2, -0.15) is 0 Å². The van der Waals surface area contributed by atoms with E-state index < -0.39 is 0 Å². The number of nitrogens with zero attached hydrogens (tertiary/aromatic N) is 3. The molecule has 2 N–H and O–H groups in total. The van der Waals surface area contributed by atoms with Crippen molar-refractivity contribution in [2.24, 2.45) is 0 Å². The molecule has 4 rings (SSSR count). The van der Waals surface area contributed by atoms with Crippen molar-refractivity contribution in [1.29, 1.82) is 0 Å². The number of fused-ring (bicyclic) bond motifs is 1. The van der Waals surface area contributed by atoms with E-state index in [4.69, 9.17) is 23.2 Å². The largest absolute Gasteiger partial charge is 0.369 e. The maximum Gasteiger partial charge on any atom is 0.251 e. The van der Waals surface area contributed by atoms with Crippen molar-refractivity contribution < 1.29 is 4.79 Å². The molecule has 1 amide bonds. The zero-order valence-corrected chi connectivity index (χ0v) is 18.6. The molecular formula is C22H25Cl2N5O. The van der Waals surface area contributed by atoms with E-state index in [9.17, 15) is 4.79 Å². The van der Waals surface area contributed by atoms with E-state index in [-0.39, 0.29) is 11.9 Å². The van der Waals surface area contributed by atoms with Crippen LogP contribution in [0.2, 0.25) is 10.0 Å². The van der Waals surface area contributed by atoms with Crippen LogP contribution in [0.1, 0.15) is 35.6 Å². The fourth-order valence-corrected chi connectivity index (χ4v) is 4.21. The zero-order valence-electron chi connectivity index (χ0n) is 17.1. The molecule has 0 radical (unpaired) electrons. The normalized spacial score (nSPS) is 16.5. The molecule has 6 nitrogen and oxygen atoms in total. The Balaban J connectivity index is 1.46. The molecule has 1 atom stereocenters. The average molecular weight is 446 g/mol. The van der Waals surface area contributed by atoms with Crippen LogP contribution >= 0.6 is 23.2 Å². The lowest BCUT2D eigenvalue weighted by atomic mass is 10.1. The fraction of sp³-hybridized carbons (Fsp3) is 0.364. The fourth-order valence-electron chi connectivity index (χ4n) is 3.74. The minimum absolute atomic E-state index is 0.190. The first-order valence-electron chi connectivity index (χ1n) is 10.1. The summed E-state index contributed by atoms with van der Waals surface area (Å²) in [7, 11) is 2.14. The first-order valence-corrected chi connectivity index (χ1v) is 10.9. The van der Waals surface area contributed by atoms with Crippen LogP contribution in [0.4, 0.5) is 5.69 Å². The lowest BCUT2D eigenvalue weighted by molar-refractivity contribution is 0.0938. The number of likely N-dealkylation sites (N-methyl/N-ethyl adjacent to an activating group) is 1. The molecule has 0 saturated carbocycles. The summed E-state index contributed by atoms with van der Waals surface area (Å²) in [5, 5.41) is 4.21. The Bertz CT molecular complexity index is 1070. The standard InChI is InChI=1S/C22H25Cl2N5O/c1-14(21-26-18-6-5-16(23)13-19(18)27-21)25-22(30)15-4-7-20(17(24)12-15)29-9-3-8-28(2)10-11-29/h4-7,12-14H,3,8-11H2,1-2H3,(H,25,30)(H,26,27)/t14-/m0/s1. The highest BCUT2D eigenvalue weighted by Crippen LogP contribution is 2.28. The number of hydrogen-bond donors (Lipinski definition) is 2. The lowest BCUT2D eigenvalue weighted by Gasteiger charge is -2.24. The number of imidazole rings is 1. The highest BCUT2D eigenvalue weighted by molar-refractivity contribution is 6.33. The molecule has 2 heterocycles. The highest BCUT2D eigenvalue weighted by atomic mass is 35.5. The third kappa shape index (κ3) is 4.56. The van der Waals surface area contributed by atoms with E-state index in [0.717, 1.165) is 49.3 Å². The molecule has 158 valence electrons. The number of nitrogens with one attached hydrogen (secondary N) is 2. The Morgan fingerprint density at radius 2 is 1.97 bits per heavy atom. The Morgan fingerprint density at radius 1 is 1.13 bits per heavy atom. The molecule has 1 aliphatic heterocycles. The molecule has 0 spiro atoms. The van der Waals surface area contributed by atoms with Gasteiger partial charge in [0.25, 0.3) is 5.91 Å². The van der Waals surface area contributed by atoms with Crippen LogP contribution in [0.15, 0.2) is 36.4 Å². The summed E-state index contributed by atoms with van der Waals surface area (Å²) in [5.41, 5.74) is 3.16. The van der Waals surface area contributed by atoms with E-state index in [1.165, 1.54) is 0 Å². The highest BCUT2D eigenvalue weighted by Gasteiger charge is 2.19. The zero-order chi connectivity index (χ0) is 21.3. The lowest BCUT2D eigenvalue weighted by Crippen LogP contribution is -2.29. The van der Waals surface area contributed by atoms with Crippen molar-refractivity contribution in [2.75, 3.05) is 38.1 Å². The van der Waals surface area contributed by atoms with Crippen LogP contribution < -0.4 is 10.2 Å². The van der Waals surface area contributed by atoms with Crippen LogP contribution in [0, 0.1) is 0 Å². The molecule has 1 fully saturated rings. The Labute approximate surface area is 186 Å². The first kappa shape index (κ1) is 21.0. The Kier molecular flexibility index (Phi) is 6.18. The number of benzene rings is 2. The van der Waals surface area contributed by atoms with Gasteiger partial charge in [-0.3, -0.25) is 4.79 Å². The van der Waals surface area contributed by atoms with Gasteiger partial charge in [0.15, 0.2) is 0 Å². The van der Waals surface area contributed by atoms with Gasteiger partial charge >= 0.3 is 0 Å². The number of aromatic amines is 1. The number of rotatable bonds is 4.